The van der Waals surface area contributed by atoms with Gasteiger partial charge in [-0.3, -0.25) is 4.55 Å². The Morgan fingerprint density at radius 3 is 2.47 bits per heavy atom. The van der Waals surface area contributed by atoms with Gasteiger partial charge in [0.25, 0.3) is 10.1 Å². The Hall–Kier alpha value is -1.79. The zero-order valence-electron chi connectivity index (χ0n) is 9.01. The molecule has 0 heterocycles. The molecule has 0 spiro atoms. The molecule has 0 aliphatic rings. The molecule has 90 valence electrons. The molecule has 2 aromatic rings. The first-order chi connectivity index (χ1) is 7.80. The van der Waals surface area contributed by atoms with Crippen molar-refractivity contribution in [2.24, 2.45) is 0 Å². The molecule has 0 atom stereocenters. The molecule has 0 aromatic heterocycles. The average Bonchev–Trinajstić information content (AvgIpc) is 2.21. The quantitative estimate of drug-likeness (QED) is 0.530. The van der Waals surface area contributed by atoms with Crippen molar-refractivity contribution in [3.05, 3.63) is 29.8 Å². The second-order valence-electron chi connectivity index (χ2n) is 3.81. The van der Waals surface area contributed by atoms with Gasteiger partial charge in [-0.15, -0.1) is 0 Å². The molecular formula is C11H11NO4S. The van der Waals surface area contributed by atoms with Gasteiger partial charge >= 0.3 is 0 Å². The van der Waals surface area contributed by atoms with Crippen LogP contribution in [0.3, 0.4) is 0 Å². The minimum Gasteiger partial charge on any atom is -0.507 e. The number of nitrogens with two attached hydrogens (primary N) is 1. The highest BCUT2D eigenvalue weighted by atomic mass is 32.2. The van der Waals surface area contributed by atoms with Crippen LogP contribution in [0.25, 0.3) is 10.8 Å². The Morgan fingerprint density at radius 2 is 1.88 bits per heavy atom. The molecule has 2 aromatic carbocycles. The molecule has 6 heteroatoms. The van der Waals surface area contributed by atoms with Gasteiger partial charge in [0.1, 0.15) is 5.75 Å². The Morgan fingerprint density at radius 1 is 1.24 bits per heavy atom. The second-order valence-corrected chi connectivity index (χ2v) is 5.23. The van der Waals surface area contributed by atoms with Crippen molar-refractivity contribution >= 4 is 26.6 Å². The van der Waals surface area contributed by atoms with Gasteiger partial charge in [-0.25, -0.2) is 0 Å². The van der Waals surface area contributed by atoms with Gasteiger partial charge in [0.05, 0.1) is 4.90 Å². The third-order valence-electron chi connectivity index (χ3n) is 2.62. The predicted octanol–water partition coefficient (Wildman–Crippen LogP) is 1.68. The van der Waals surface area contributed by atoms with Crippen LogP contribution in [0.4, 0.5) is 5.69 Å². The fourth-order valence-corrected chi connectivity index (χ4v) is 2.28. The molecule has 4 N–H and O–H groups in total. The van der Waals surface area contributed by atoms with Crippen molar-refractivity contribution in [3.8, 4) is 5.75 Å². The lowest BCUT2D eigenvalue weighted by Crippen LogP contribution is -1.99. The van der Waals surface area contributed by atoms with Crippen LogP contribution >= 0.6 is 0 Å². The van der Waals surface area contributed by atoms with E-state index in [0.29, 0.717) is 16.5 Å². The Bertz CT molecular complexity index is 707. The second kappa shape index (κ2) is 3.61. The van der Waals surface area contributed by atoms with Crippen molar-refractivity contribution in [1.82, 2.24) is 0 Å². The maximum Gasteiger partial charge on any atom is 0.294 e. The molecule has 0 aliphatic carbocycles. The van der Waals surface area contributed by atoms with Crippen LogP contribution in [0, 0.1) is 6.92 Å². The number of phenolic OH excluding ortho intramolecular Hbond substituents is 1. The largest absolute Gasteiger partial charge is 0.507 e. The van der Waals surface area contributed by atoms with Crippen LogP contribution in [0.2, 0.25) is 0 Å². The van der Waals surface area contributed by atoms with Crippen LogP contribution < -0.4 is 5.73 Å². The van der Waals surface area contributed by atoms with Crippen molar-refractivity contribution in [2.75, 3.05) is 5.73 Å². The molecule has 0 radical (unpaired) electrons. The van der Waals surface area contributed by atoms with E-state index < -0.39 is 10.1 Å². The van der Waals surface area contributed by atoms with Crippen LogP contribution in [0.15, 0.2) is 29.2 Å². The van der Waals surface area contributed by atoms with E-state index in [1.165, 1.54) is 6.07 Å². The van der Waals surface area contributed by atoms with Gasteiger partial charge in [0.15, 0.2) is 0 Å². The number of aryl methyl sites for hydroxylation is 1. The first kappa shape index (κ1) is 11.7. The summed E-state index contributed by atoms with van der Waals surface area (Å²) in [5.74, 6) is -0.267. The number of benzene rings is 2. The Balaban J connectivity index is 2.97. The minimum absolute atomic E-state index is 0.267. The number of anilines is 1. The van der Waals surface area contributed by atoms with Gasteiger partial charge < -0.3 is 10.8 Å². The molecule has 0 unspecified atom stereocenters. The standard InChI is InChI=1S/C11H11NO4S/c1-6-2-3-9(12)11-8(6)4-7(5-10(11)13)17(14,15)16/h2-5,13H,12H2,1H3,(H,14,15,16). The first-order valence-electron chi connectivity index (χ1n) is 4.80. The maximum atomic E-state index is 11.0. The molecule has 2 rings (SSSR count). The normalized spacial score (nSPS) is 11.9. The molecule has 0 aliphatic heterocycles. The first-order valence-corrected chi connectivity index (χ1v) is 6.24. The molecule has 0 fully saturated rings. The Kier molecular flexibility index (Phi) is 2.48. The van der Waals surface area contributed by atoms with Gasteiger partial charge in [-0.1, -0.05) is 6.07 Å². The summed E-state index contributed by atoms with van der Waals surface area (Å²) < 4.78 is 31.0. The van der Waals surface area contributed by atoms with Crippen LogP contribution in [0.1, 0.15) is 5.56 Å². The Labute approximate surface area is 98.2 Å². The van der Waals surface area contributed by atoms with Crippen LogP contribution in [0.5, 0.6) is 5.75 Å². The summed E-state index contributed by atoms with van der Waals surface area (Å²) in [7, 11) is -4.35. The number of nitrogen functional groups attached to an aromatic ring is 1. The third-order valence-corrected chi connectivity index (χ3v) is 3.45. The lowest BCUT2D eigenvalue weighted by atomic mass is 10.0. The number of fused-ring (bicyclic) bond motifs is 1. The van der Waals surface area contributed by atoms with Gasteiger partial charge in [0, 0.05) is 17.1 Å². The van der Waals surface area contributed by atoms with E-state index in [9.17, 15) is 13.5 Å². The smallest absolute Gasteiger partial charge is 0.294 e. The summed E-state index contributed by atoms with van der Waals surface area (Å²) in [6, 6.07) is 5.61. The zero-order valence-corrected chi connectivity index (χ0v) is 9.82. The lowest BCUT2D eigenvalue weighted by Gasteiger charge is -2.09. The number of aromatic hydroxyl groups is 1. The topological polar surface area (TPSA) is 101 Å². The van der Waals surface area contributed by atoms with E-state index in [0.717, 1.165) is 11.6 Å². The number of phenols is 1. The SMILES string of the molecule is Cc1ccc(N)c2c(O)cc(S(=O)(=O)O)cc12. The van der Waals surface area contributed by atoms with Crippen molar-refractivity contribution in [2.45, 2.75) is 11.8 Å². The van der Waals surface area contributed by atoms with E-state index in [-0.39, 0.29) is 10.6 Å². The van der Waals surface area contributed by atoms with Gasteiger partial charge in [0.2, 0.25) is 0 Å². The fraction of sp³-hybridized carbons (Fsp3) is 0.0909. The van der Waals surface area contributed by atoms with Gasteiger partial charge in [-0.05, 0) is 30.0 Å². The molecule has 0 bridgehead atoms. The third kappa shape index (κ3) is 1.92. The summed E-state index contributed by atoms with van der Waals surface area (Å²) >= 11 is 0. The van der Waals surface area contributed by atoms with Gasteiger partial charge in [-0.2, -0.15) is 8.42 Å². The van der Waals surface area contributed by atoms with Crippen molar-refractivity contribution in [3.63, 3.8) is 0 Å². The maximum absolute atomic E-state index is 11.0. The highest BCUT2D eigenvalue weighted by Crippen LogP contribution is 2.34. The number of hydrogen-bond donors (Lipinski definition) is 3. The van der Waals surface area contributed by atoms with Crippen molar-refractivity contribution in [1.29, 1.82) is 0 Å². The summed E-state index contributed by atoms with van der Waals surface area (Å²) in [5, 5.41) is 10.6. The van der Waals surface area contributed by atoms with Crippen LogP contribution in [-0.2, 0) is 10.1 Å². The zero-order chi connectivity index (χ0) is 12.8. The van der Waals surface area contributed by atoms with E-state index in [1.807, 2.05) is 0 Å². The average molecular weight is 253 g/mol. The van der Waals surface area contributed by atoms with E-state index in [4.69, 9.17) is 10.3 Å². The molecule has 0 amide bonds. The molecule has 17 heavy (non-hydrogen) atoms. The van der Waals surface area contributed by atoms with E-state index in [1.54, 1.807) is 19.1 Å². The summed E-state index contributed by atoms with van der Waals surface area (Å²) in [4.78, 5) is -0.351. The molecule has 0 saturated carbocycles. The number of hydrogen-bond acceptors (Lipinski definition) is 4. The van der Waals surface area contributed by atoms with Crippen molar-refractivity contribution < 1.29 is 18.1 Å². The number of rotatable bonds is 1. The monoisotopic (exact) mass is 253 g/mol. The highest BCUT2D eigenvalue weighted by molar-refractivity contribution is 7.85. The summed E-state index contributed by atoms with van der Waals surface area (Å²) in [6.07, 6.45) is 0. The van der Waals surface area contributed by atoms with E-state index >= 15 is 0 Å². The molecular weight excluding hydrogens is 242 g/mol. The van der Waals surface area contributed by atoms with Crippen LogP contribution in [-0.4, -0.2) is 18.1 Å². The molecule has 5 nitrogen and oxygen atoms in total. The summed E-state index contributed by atoms with van der Waals surface area (Å²) in [6.45, 7) is 1.76. The molecule has 0 saturated heterocycles. The van der Waals surface area contributed by atoms with E-state index in [2.05, 4.69) is 0 Å². The highest BCUT2D eigenvalue weighted by Gasteiger charge is 2.15. The fourth-order valence-electron chi connectivity index (χ4n) is 1.75. The summed E-state index contributed by atoms with van der Waals surface area (Å²) in [5.41, 5.74) is 6.82. The lowest BCUT2D eigenvalue weighted by molar-refractivity contribution is 0.471. The minimum atomic E-state index is -4.35. The predicted molar refractivity (Wildman–Crippen MR) is 64.6 cm³/mol.